The molecule has 0 unspecified atom stereocenters. The molecule has 0 atom stereocenters. The molecule has 2 aromatic rings. The van der Waals surface area contributed by atoms with E-state index in [9.17, 15) is 4.79 Å². The van der Waals surface area contributed by atoms with Crippen molar-refractivity contribution in [3.8, 4) is 5.69 Å². The molecule has 1 aromatic heterocycles. The van der Waals surface area contributed by atoms with E-state index in [2.05, 4.69) is 5.10 Å². The third kappa shape index (κ3) is 1.50. The summed E-state index contributed by atoms with van der Waals surface area (Å²) < 4.78 is 1.92. The van der Waals surface area contributed by atoms with Crippen LogP contribution < -0.4 is 5.56 Å². The smallest absolute Gasteiger partial charge is 0.267 e. The Kier molecular flexibility index (Phi) is 2.36. The molecule has 0 saturated heterocycles. The Balaban J connectivity index is 2.19. The first-order valence-corrected chi connectivity index (χ1v) is 6.47. The van der Waals surface area contributed by atoms with Gasteiger partial charge in [0.1, 0.15) is 0 Å². The van der Waals surface area contributed by atoms with Gasteiger partial charge in [-0.25, -0.2) is 0 Å². The Morgan fingerprint density at radius 3 is 2.88 bits per heavy atom. The fourth-order valence-corrected chi connectivity index (χ4v) is 3.04. The molecular weight excluding hydrogens is 220 g/mol. The van der Waals surface area contributed by atoms with E-state index in [0.29, 0.717) is 0 Å². The highest BCUT2D eigenvalue weighted by atomic mass is 32.2. The molecule has 82 valence electrons. The molecule has 1 aliphatic heterocycles. The quantitative estimate of drug-likeness (QED) is 0.816. The summed E-state index contributed by atoms with van der Waals surface area (Å²) in [6, 6.07) is 9.96. The molecule has 1 aromatic carbocycles. The van der Waals surface area contributed by atoms with Crippen molar-refractivity contribution in [2.24, 2.45) is 0 Å². The largest absolute Gasteiger partial charge is 0.268 e. The summed E-state index contributed by atoms with van der Waals surface area (Å²) >= 11 is 1.88. The van der Waals surface area contributed by atoms with Crippen molar-refractivity contribution in [3.05, 3.63) is 51.9 Å². The van der Waals surface area contributed by atoms with Crippen LogP contribution in [0.15, 0.2) is 35.1 Å². The first kappa shape index (κ1) is 9.78. The Bertz CT molecular complexity index is 556. The van der Waals surface area contributed by atoms with Crippen LogP contribution in [-0.4, -0.2) is 15.5 Å². The Labute approximate surface area is 97.5 Å². The number of fused-ring (bicyclic) bond motifs is 1. The SMILES string of the molecule is O=c1[nH]n(-c2ccccc2)c2c1CCSC2. The number of hydrogen-bond acceptors (Lipinski definition) is 2. The van der Waals surface area contributed by atoms with Gasteiger partial charge in [-0.1, -0.05) is 18.2 Å². The predicted molar refractivity (Wildman–Crippen MR) is 66.3 cm³/mol. The van der Waals surface area contributed by atoms with Crippen LogP contribution in [0.25, 0.3) is 5.69 Å². The molecule has 1 N–H and O–H groups in total. The van der Waals surface area contributed by atoms with Crippen LogP contribution in [0.5, 0.6) is 0 Å². The zero-order valence-electron chi connectivity index (χ0n) is 8.77. The van der Waals surface area contributed by atoms with Crippen molar-refractivity contribution < 1.29 is 0 Å². The van der Waals surface area contributed by atoms with E-state index < -0.39 is 0 Å². The van der Waals surface area contributed by atoms with Crippen molar-refractivity contribution in [1.29, 1.82) is 0 Å². The van der Waals surface area contributed by atoms with Crippen LogP contribution >= 0.6 is 11.8 Å². The molecule has 3 rings (SSSR count). The minimum absolute atomic E-state index is 0.0687. The van der Waals surface area contributed by atoms with Gasteiger partial charge in [0.15, 0.2) is 0 Å². The van der Waals surface area contributed by atoms with Crippen molar-refractivity contribution in [3.63, 3.8) is 0 Å². The predicted octanol–water partition coefficient (Wildman–Crippen LogP) is 1.95. The second-order valence-corrected chi connectivity index (χ2v) is 4.94. The van der Waals surface area contributed by atoms with Crippen LogP contribution in [0.3, 0.4) is 0 Å². The highest BCUT2D eigenvalue weighted by molar-refractivity contribution is 7.98. The molecule has 0 saturated carbocycles. The maximum Gasteiger partial charge on any atom is 0.267 e. The average molecular weight is 232 g/mol. The normalized spacial score (nSPS) is 14.8. The molecular formula is C12H12N2OS. The number of hydrogen-bond donors (Lipinski definition) is 1. The van der Waals surface area contributed by atoms with Crippen LogP contribution in [-0.2, 0) is 12.2 Å². The summed E-state index contributed by atoms with van der Waals surface area (Å²) in [5.41, 5.74) is 3.19. The number of rotatable bonds is 1. The zero-order chi connectivity index (χ0) is 11.0. The van der Waals surface area contributed by atoms with E-state index in [-0.39, 0.29) is 5.56 Å². The van der Waals surface area contributed by atoms with Gasteiger partial charge >= 0.3 is 0 Å². The van der Waals surface area contributed by atoms with E-state index in [4.69, 9.17) is 0 Å². The summed E-state index contributed by atoms with van der Waals surface area (Å²) in [6.07, 6.45) is 0.884. The fourth-order valence-electron chi connectivity index (χ4n) is 2.05. The molecule has 0 fully saturated rings. The van der Waals surface area contributed by atoms with Gasteiger partial charge < -0.3 is 0 Å². The van der Waals surface area contributed by atoms with Gasteiger partial charge in [0.2, 0.25) is 0 Å². The lowest BCUT2D eigenvalue weighted by molar-refractivity contribution is 0.826. The number of aromatic nitrogens is 2. The molecule has 0 radical (unpaired) electrons. The van der Waals surface area contributed by atoms with Crippen molar-refractivity contribution >= 4 is 11.8 Å². The van der Waals surface area contributed by atoms with Gasteiger partial charge in [0.05, 0.1) is 11.4 Å². The summed E-state index contributed by atoms with van der Waals surface area (Å²) in [7, 11) is 0. The molecule has 4 heteroatoms. The van der Waals surface area contributed by atoms with Crippen LogP contribution in [0.1, 0.15) is 11.3 Å². The number of H-pyrrole nitrogens is 1. The fraction of sp³-hybridized carbons (Fsp3) is 0.250. The highest BCUT2D eigenvalue weighted by Crippen LogP contribution is 2.23. The lowest BCUT2D eigenvalue weighted by Crippen LogP contribution is -2.10. The van der Waals surface area contributed by atoms with Crippen molar-refractivity contribution in [2.75, 3.05) is 5.75 Å². The minimum Gasteiger partial charge on any atom is -0.268 e. The summed E-state index contributed by atoms with van der Waals surface area (Å²) in [5, 5.41) is 2.92. The van der Waals surface area contributed by atoms with Gasteiger partial charge in [-0.3, -0.25) is 14.6 Å². The molecule has 16 heavy (non-hydrogen) atoms. The van der Waals surface area contributed by atoms with Crippen LogP contribution in [0, 0.1) is 0 Å². The molecule has 2 heterocycles. The second kappa shape index (κ2) is 3.87. The third-order valence-corrected chi connectivity index (χ3v) is 3.83. The Morgan fingerprint density at radius 2 is 2.06 bits per heavy atom. The van der Waals surface area contributed by atoms with Crippen LogP contribution in [0.4, 0.5) is 0 Å². The zero-order valence-corrected chi connectivity index (χ0v) is 9.59. The average Bonchev–Trinajstić information content (AvgIpc) is 2.69. The molecule has 0 aliphatic carbocycles. The number of nitrogens with zero attached hydrogens (tertiary/aromatic N) is 1. The Morgan fingerprint density at radius 1 is 1.25 bits per heavy atom. The maximum atomic E-state index is 11.8. The number of para-hydroxylation sites is 1. The topological polar surface area (TPSA) is 37.8 Å². The monoisotopic (exact) mass is 232 g/mol. The van der Waals surface area contributed by atoms with Gasteiger partial charge in [-0.05, 0) is 24.3 Å². The lowest BCUT2D eigenvalue weighted by atomic mass is 10.2. The van der Waals surface area contributed by atoms with Crippen molar-refractivity contribution in [2.45, 2.75) is 12.2 Å². The summed E-state index contributed by atoms with van der Waals surface area (Å²) in [4.78, 5) is 11.8. The third-order valence-electron chi connectivity index (χ3n) is 2.86. The number of benzene rings is 1. The number of nitrogens with one attached hydrogen (secondary N) is 1. The Hall–Kier alpha value is -1.42. The molecule has 1 aliphatic rings. The van der Waals surface area contributed by atoms with E-state index in [1.165, 1.54) is 0 Å². The summed E-state index contributed by atoms with van der Waals surface area (Å²) in [5.74, 6) is 1.97. The summed E-state index contributed by atoms with van der Waals surface area (Å²) in [6.45, 7) is 0. The van der Waals surface area contributed by atoms with E-state index in [1.807, 2.05) is 46.8 Å². The second-order valence-electron chi connectivity index (χ2n) is 3.84. The van der Waals surface area contributed by atoms with Gasteiger partial charge in [-0.15, -0.1) is 0 Å². The number of aromatic amines is 1. The van der Waals surface area contributed by atoms with Crippen molar-refractivity contribution in [1.82, 2.24) is 9.78 Å². The highest BCUT2D eigenvalue weighted by Gasteiger charge is 2.18. The van der Waals surface area contributed by atoms with E-state index in [0.717, 1.165) is 34.9 Å². The lowest BCUT2D eigenvalue weighted by Gasteiger charge is -2.13. The van der Waals surface area contributed by atoms with E-state index >= 15 is 0 Å². The molecule has 0 amide bonds. The molecule has 3 nitrogen and oxygen atoms in total. The van der Waals surface area contributed by atoms with Gasteiger partial charge in [-0.2, -0.15) is 11.8 Å². The minimum atomic E-state index is 0.0687. The van der Waals surface area contributed by atoms with E-state index in [1.54, 1.807) is 0 Å². The van der Waals surface area contributed by atoms with Gasteiger partial charge in [0.25, 0.3) is 5.56 Å². The van der Waals surface area contributed by atoms with Crippen LogP contribution in [0.2, 0.25) is 0 Å². The van der Waals surface area contributed by atoms with Gasteiger partial charge in [0, 0.05) is 11.3 Å². The first-order chi connectivity index (χ1) is 7.86. The standard InChI is InChI=1S/C12H12N2OS/c15-12-10-6-7-16-8-11(10)14(13-12)9-4-2-1-3-5-9/h1-5H,6-8H2,(H,13,15). The maximum absolute atomic E-state index is 11.8. The first-order valence-electron chi connectivity index (χ1n) is 5.32. The molecule has 0 spiro atoms. The molecule has 0 bridgehead atoms. The number of thioether (sulfide) groups is 1.